The molecule has 0 aromatic carbocycles. The van der Waals surface area contributed by atoms with E-state index in [1.165, 1.54) is 13.1 Å². The second-order valence-corrected chi connectivity index (χ2v) is 6.06. The second-order valence-electron chi connectivity index (χ2n) is 6.06. The quantitative estimate of drug-likeness (QED) is 0.686. The largest absolute Gasteiger partial charge is 0.461 e. The average molecular weight is 350 g/mol. The Morgan fingerprint density at radius 2 is 1.96 bits per heavy atom. The van der Waals surface area contributed by atoms with Gasteiger partial charge in [0.15, 0.2) is 0 Å². The highest BCUT2D eigenvalue weighted by Crippen LogP contribution is 2.12. The van der Waals surface area contributed by atoms with Gasteiger partial charge in [-0.2, -0.15) is 0 Å². The molecule has 0 bridgehead atoms. The zero-order valence-corrected chi connectivity index (χ0v) is 15.2. The molecular weight excluding hydrogens is 324 g/mol. The Labute approximate surface area is 148 Å². The minimum Gasteiger partial charge on any atom is -0.461 e. The number of hydrogen-bond acceptors (Lipinski definition) is 6. The molecule has 0 aliphatic rings. The molecule has 0 saturated carbocycles. The number of hydrogen-bond donors (Lipinski definition) is 1. The molecule has 0 radical (unpaired) electrons. The van der Waals surface area contributed by atoms with Crippen LogP contribution in [0.2, 0.25) is 0 Å². The van der Waals surface area contributed by atoms with Crippen molar-refractivity contribution in [3.8, 4) is 0 Å². The van der Waals surface area contributed by atoms with Gasteiger partial charge in [-0.15, -0.1) is 0 Å². The first kappa shape index (κ1) is 20.6. The maximum absolute atomic E-state index is 12.0. The number of amides is 1. The third-order valence-corrected chi connectivity index (χ3v) is 3.50. The van der Waals surface area contributed by atoms with Gasteiger partial charge in [-0.3, -0.25) is 19.4 Å². The SMILES string of the molecule is CCCC(OC(=O)CNC(=O)c1ccc(COC(C)=O)nc1)C(C)C. The number of aromatic nitrogens is 1. The summed E-state index contributed by atoms with van der Waals surface area (Å²) in [6, 6.07) is 3.15. The van der Waals surface area contributed by atoms with Crippen LogP contribution >= 0.6 is 0 Å². The van der Waals surface area contributed by atoms with Crippen molar-refractivity contribution in [3.05, 3.63) is 29.6 Å². The number of esters is 2. The number of nitrogens with zero attached hydrogens (tertiary/aromatic N) is 1. The lowest BCUT2D eigenvalue weighted by Crippen LogP contribution is -2.34. The molecule has 25 heavy (non-hydrogen) atoms. The van der Waals surface area contributed by atoms with Gasteiger partial charge < -0.3 is 14.8 Å². The van der Waals surface area contributed by atoms with Gasteiger partial charge in [0.25, 0.3) is 5.91 Å². The summed E-state index contributed by atoms with van der Waals surface area (Å²) in [5, 5.41) is 2.52. The number of ether oxygens (including phenoxy) is 2. The van der Waals surface area contributed by atoms with Gasteiger partial charge in [-0.1, -0.05) is 27.2 Å². The fourth-order valence-electron chi connectivity index (χ4n) is 2.10. The molecule has 1 atom stereocenters. The van der Waals surface area contributed by atoms with Gasteiger partial charge in [-0.25, -0.2) is 0 Å². The average Bonchev–Trinajstić information content (AvgIpc) is 2.57. The van der Waals surface area contributed by atoms with E-state index in [1.807, 2.05) is 20.8 Å². The van der Waals surface area contributed by atoms with Crippen LogP contribution in [0.1, 0.15) is 56.6 Å². The Bertz CT molecular complexity index is 584. The summed E-state index contributed by atoms with van der Waals surface area (Å²) in [5.41, 5.74) is 0.846. The van der Waals surface area contributed by atoms with Crippen molar-refractivity contribution in [1.82, 2.24) is 10.3 Å². The molecular formula is C18H26N2O5. The molecule has 1 unspecified atom stereocenters. The third kappa shape index (κ3) is 7.78. The van der Waals surface area contributed by atoms with Crippen LogP contribution in [0.5, 0.6) is 0 Å². The first-order valence-electron chi connectivity index (χ1n) is 8.39. The summed E-state index contributed by atoms with van der Waals surface area (Å²) in [7, 11) is 0. The lowest BCUT2D eigenvalue weighted by molar-refractivity contribution is -0.150. The number of rotatable bonds is 9. The summed E-state index contributed by atoms with van der Waals surface area (Å²) >= 11 is 0. The zero-order valence-electron chi connectivity index (χ0n) is 15.2. The number of carbonyl (C=O) groups is 3. The Hall–Kier alpha value is -2.44. The molecule has 1 N–H and O–H groups in total. The van der Waals surface area contributed by atoms with Crippen molar-refractivity contribution >= 4 is 17.8 Å². The van der Waals surface area contributed by atoms with Crippen LogP contribution in [0, 0.1) is 5.92 Å². The summed E-state index contributed by atoms with van der Waals surface area (Å²) < 4.78 is 10.2. The Morgan fingerprint density at radius 3 is 2.48 bits per heavy atom. The van der Waals surface area contributed by atoms with E-state index in [2.05, 4.69) is 10.3 Å². The Morgan fingerprint density at radius 1 is 1.24 bits per heavy atom. The van der Waals surface area contributed by atoms with Crippen LogP contribution in [-0.4, -0.2) is 35.5 Å². The molecule has 0 spiro atoms. The predicted molar refractivity (Wildman–Crippen MR) is 91.7 cm³/mol. The first-order valence-corrected chi connectivity index (χ1v) is 8.39. The van der Waals surface area contributed by atoms with Gasteiger partial charge in [0.1, 0.15) is 19.3 Å². The van der Waals surface area contributed by atoms with E-state index >= 15 is 0 Å². The highest BCUT2D eigenvalue weighted by Gasteiger charge is 2.18. The Kier molecular flexibility index (Phi) is 8.60. The van der Waals surface area contributed by atoms with E-state index in [0.717, 1.165) is 12.8 Å². The van der Waals surface area contributed by atoms with Crippen molar-refractivity contribution < 1.29 is 23.9 Å². The van der Waals surface area contributed by atoms with Gasteiger partial charge in [0.2, 0.25) is 0 Å². The van der Waals surface area contributed by atoms with Crippen LogP contribution in [0.4, 0.5) is 0 Å². The minimum absolute atomic E-state index is 0.0532. The molecule has 7 nitrogen and oxygen atoms in total. The van der Waals surface area contributed by atoms with E-state index in [9.17, 15) is 14.4 Å². The van der Waals surface area contributed by atoms with Crippen LogP contribution in [0.3, 0.4) is 0 Å². The molecule has 1 aromatic rings. The molecule has 0 fully saturated rings. The maximum atomic E-state index is 12.0. The fraction of sp³-hybridized carbons (Fsp3) is 0.556. The molecule has 1 heterocycles. The number of nitrogens with one attached hydrogen (secondary N) is 1. The molecule has 1 rings (SSSR count). The summed E-state index contributed by atoms with van der Waals surface area (Å²) in [5.74, 6) is -1.04. The smallest absolute Gasteiger partial charge is 0.325 e. The fourth-order valence-corrected chi connectivity index (χ4v) is 2.10. The molecule has 138 valence electrons. The summed E-state index contributed by atoms with van der Waals surface area (Å²) in [4.78, 5) is 38.7. The topological polar surface area (TPSA) is 94.6 Å². The highest BCUT2D eigenvalue weighted by atomic mass is 16.5. The first-order chi connectivity index (χ1) is 11.8. The lowest BCUT2D eigenvalue weighted by Gasteiger charge is -2.20. The van der Waals surface area contributed by atoms with Crippen molar-refractivity contribution in [2.45, 2.75) is 53.2 Å². The molecule has 0 saturated heterocycles. The minimum atomic E-state index is -0.458. The van der Waals surface area contributed by atoms with E-state index in [4.69, 9.17) is 9.47 Å². The molecule has 0 aliphatic carbocycles. The maximum Gasteiger partial charge on any atom is 0.325 e. The standard InChI is InChI=1S/C18H26N2O5/c1-5-6-16(12(2)3)25-17(22)10-20-18(23)14-7-8-15(19-9-14)11-24-13(4)21/h7-9,12,16H,5-6,10-11H2,1-4H3,(H,20,23). The predicted octanol–water partition coefficient (Wildman–Crippen LogP) is 2.24. The molecule has 1 aromatic heterocycles. The monoisotopic (exact) mass is 350 g/mol. The number of pyridine rings is 1. The van der Waals surface area contributed by atoms with E-state index in [-0.39, 0.29) is 25.2 Å². The molecule has 0 aliphatic heterocycles. The van der Waals surface area contributed by atoms with E-state index in [1.54, 1.807) is 12.1 Å². The highest BCUT2D eigenvalue weighted by molar-refractivity contribution is 5.95. The van der Waals surface area contributed by atoms with Gasteiger partial charge >= 0.3 is 11.9 Å². The van der Waals surface area contributed by atoms with Crippen LogP contribution < -0.4 is 5.32 Å². The van der Waals surface area contributed by atoms with Crippen LogP contribution in [-0.2, 0) is 25.7 Å². The van der Waals surface area contributed by atoms with Crippen molar-refractivity contribution in [1.29, 1.82) is 0 Å². The second kappa shape index (κ2) is 10.4. The van der Waals surface area contributed by atoms with E-state index in [0.29, 0.717) is 11.3 Å². The van der Waals surface area contributed by atoms with Crippen LogP contribution in [0.15, 0.2) is 18.3 Å². The van der Waals surface area contributed by atoms with E-state index < -0.39 is 17.8 Å². The van der Waals surface area contributed by atoms with Crippen molar-refractivity contribution in [3.63, 3.8) is 0 Å². The third-order valence-electron chi connectivity index (χ3n) is 3.50. The van der Waals surface area contributed by atoms with Crippen molar-refractivity contribution in [2.24, 2.45) is 5.92 Å². The number of carbonyl (C=O) groups excluding carboxylic acids is 3. The lowest BCUT2D eigenvalue weighted by atomic mass is 10.0. The normalized spacial score (nSPS) is 11.7. The van der Waals surface area contributed by atoms with Gasteiger partial charge in [0, 0.05) is 13.1 Å². The summed E-state index contributed by atoms with van der Waals surface area (Å²) in [6.07, 6.45) is 2.95. The zero-order chi connectivity index (χ0) is 18.8. The van der Waals surface area contributed by atoms with Crippen molar-refractivity contribution in [2.75, 3.05) is 6.54 Å². The molecule has 7 heteroatoms. The van der Waals surface area contributed by atoms with Gasteiger partial charge in [0.05, 0.1) is 11.3 Å². The van der Waals surface area contributed by atoms with Crippen LogP contribution in [0.25, 0.3) is 0 Å². The molecule has 1 amide bonds. The summed E-state index contributed by atoms with van der Waals surface area (Å²) in [6.45, 7) is 7.19. The van der Waals surface area contributed by atoms with Gasteiger partial charge in [-0.05, 0) is 24.5 Å². The Balaban J connectivity index is 2.47.